The lowest BCUT2D eigenvalue weighted by Gasteiger charge is -2.23. The van der Waals surface area contributed by atoms with Gasteiger partial charge >= 0.3 is 0 Å². The molecule has 0 aromatic heterocycles. The van der Waals surface area contributed by atoms with Gasteiger partial charge in [-0.25, -0.2) is 0 Å². The Kier molecular flexibility index (Phi) is 3.52. The minimum atomic E-state index is 0.375. The van der Waals surface area contributed by atoms with Crippen LogP contribution in [-0.2, 0) is 4.79 Å². The molecule has 1 saturated carbocycles. The fourth-order valence-electron chi connectivity index (χ4n) is 2.55. The highest BCUT2D eigenvalue weighted by Crippen LogP contribution is 2.37. The van der Waals surface area contributed by atoms with Gasteiger partial charge in [0.05, 0.1) is 0 Å². The molecular formula is C12H22O. The number of hydrogen-bond donors (Lipinski definition) is 0. The van der Waals surface area contributed by atoms with Gasteiger partial charge in [0.15, 0.2) is 0 Å². The molecule has 2 atom stereocenters. The molecule has 0 spiro atoms. The van der Waals surface area contributed by atoms with Gasteiger partial charge in [-0.05, 0) is 30.6 Å². The predicted molar refractivity (Wildman–Crippen MR) is 55.5 cm³/mol. The summed E-state index contributed by atoms with van der Waals surface area (Å²) in [6, 6.07) is 0. The zero-order valence-corrected chi connectivity index (χ0v) is 9.34. The lowest BCUT2D eigenvalue weighted by molar-refractivity contribution is -0.122. The molecule has 0 aliphatic heterocycles. The number of Topliss-reactive ketones (excluding diaryl/α,β-unsaturated/α-hetero) is 1. The van der Waals surface area contributed by atoms with E-state index in [0.29, 0.717) is 29.5 Å². The first-order valence-electron chi connectivity index (χ1n) is 5.55. The van der Waals surface area contributed by atoms with Gasteiger partial charge < -0.3 is 0 Å². The van der Waals surface area contributed by atoms with Crippen molar-refractivity contribution >= 4 is 5.78 Å². The molecule has 0 radical (unpaired) electrons. The standard InChI is InChI=1S/C12H22O/c1-8(2)7-11-10(9(3)4)5-6-12(11)13/h8-11H,5-7H2,1-4H3. The van der Waals surface area contributed by atoms with E-state index < -0.39 is 0 Å². The Hall–Kier alpha value is -0.330. The Bertz CT molecular complexity index is 182. The molecule has 1 aliphatic carbocycles. The molecule has 0 aromatic carbocycles. The first-order valence-corrected chi connectivity index (χ1v) is 5.55. The molecule has 0 amide bonds. The summed E-state index contributed by atoms with van der Waals surface area (Å²) in [5, 5.41) is 0. The quantitative estimate of drug-likeness (QED) is 0.654. The third kappa shape index (κ3) is 2.55. The monoisotopic (exact) mass is 182 g/mol. The fourth-order valence-corrected chi connectivity index (χ4v) is 2.55. The van der Waals surface area contributed by atoms with Crippen molar-refractivity contribution in [3.63, 3.8) is 0 Å². The Labute approximate surface area is 81.9 Å². The van der Waals surface area contributed by atoms with Crippen molar-refractivity contribution in [3.05, 3.63) is 0 Å². The zero-order chi connectivity index (χ0) is 10.0. The van der Waals surface area contributed by atoms with Crippen molar-refractivity contribution in [1.29, 1.82) is 0 Å². The van der Waals surface area contributed by atoms with Crippen LogP contribution in [0.5, 0.6) is 0 Å². The number of ketones is 1. The Morgan fingerprint density at radius 3 is 2.38 bits per heavy atom. The predicted octanol–water partition coefficient (Wildman–Crippen LogP) is 3.28. The summed E-state index contributed by atoms with van der Waals surface area (Å²) in [6.45, 7) is 8.92. The van der Waals surface area contributed by atoms with Crippen molar-refractivity contribution < 1.29 is 4.79 Å². The molecular weight excluding hydrogens is 160 g/mol. The molecule has 1 rings (SSSR count). The summed E-state index contributed by atoms with van der Waals surface area (Å²) in [6.07, 6.45) is 3.07. The minimum absolute atomic E-state index is 0.375. The van der Waals surface area contributed by atoms with Crippen molar-refractivity contribution in [2.75, 3.05) is 0 Å². The van der Waals surface area contributed by atoms with Crippen molar-refractivity contribution in [2.24, 2.45) is 23.7 Å². The van der Waals surface area contributed by atoms with Gasteiger partial charge in [0.1, 0.15) is 5.78 Å². The van der Waals surface area contributed by atoms with Crippen molar-refractivity contribution in [3.8, 4) is 0 Å². The summed E-state index contributed by atoms with van der Waals surface area (Å²) in [5.74, 6) is 2.89. The molecule has 13 heavy (non-hydrogen) atoms. The van der Waals surface area contributed by atoms with Crippen LogP contribution in [0.3, 0.4) is 0 Å². The van der Waals surface area contributed by atoms with Crippen LogP contribution in [0.2, 0.25) is 0 Å². The SMILES string of the molecule is CC(C)CC1C(=O)CCC1C(C)C. The molecule has 1 heteroatoms. The fraction of sp³-hybridized carbons (Fsp3) is 0.917. The van der Waals surface area contributed by atoms with Crippen LogP contribution in [0.25, 0.3) is 0 Å². The van der Waals surface area contributed by atoms with Gasteiger partial charge in [0.25, 0.3) is 0 Å². The Morgan fingerprint density at radius 2 is 1.92 bits per heavy atom. The molecule has 0 heterocycles. The van der Waals surface area contributed by atoms with Gasteiger partial charge in [-0.1, -0.05) is 27.7 Å². The first-order chi connectivity index (χ1) is 6.02. The highest BCUT2D eigenvalue weighted by atomic mass is 16.1. The normalized spacial score (nSPS) is 29.2. The number of hydrogen-bond acceptors (Lipinski definition) is 1. The smallest absolute Gasteiger partial charge is 0.136 e. The molecule has 76 valence electrons. The average molecular weight is 182 g/mol. The van der Waals surface area contributed by atoms with E-state index in [9.17, 15) is 4.79 Å². The van der Waals surface area contributed by atoms with Crippen LogP contribution in [0.1, 0.15) is 47.0 Å². The second-order valence-corrected chi connectivity index (χ2v) is 5.15. The van der Waals surface area contributed by atoms with Crippen LogP contribution < -0.4 is 0 Å². The van der Waals surface area contributed by atoms with Crippen molar-refractivity contribution in [2.45, 2.75) is 47.0 Å². The van der Waals surface area contributed by atoms with Crippen LogP contribution >= 0.6 is 0 Å². The third-order valence-electron chi connectivity index (χ3n) is 3.24. The van der Waals surface area contributed by atoms with Crippen LogP contribution in [0, 0.1) is 23.7 Å². The van der Waals surface area contributed by atoms with Crippen LogP contribution in [0.15, 0.2) is 0 Å². The summed E-state index contributed by atoms with van der Waals surface area (Å²) >= 11 is 0. The Morgan fingerprint density at radius 1 is 1.31 bits per heavy atom. The molecule has 0 bridgehead atoms. The highest BCUT2D eigenvalue weighted by molar-refractivity contribution is 5.83. The number of carbonyl (C=O) groups excluding carboxylic acids is 1. The average Bonchev–Trinajstić information content (AvgIpc) is 2.32. The van der Waals surface area contributed by atoms with E-state index in [1.54, 1.807) is 0 Å². The maximum absolute atomic E-state index is 11.6. The summed E-state index contributed by atoms with van der Waals surface area (Å²) in [5.41, 5.74) is 0. The van der Waals surface area contributed by atoms with Gasteiger partial charge in [-0.15, -0.1) is 0 Å². The van der Waals surface area contributed by atoms with E-state index in [2.05, 4.69) is 27.7 Å². The summed E-state index contributed by atoms with van der Waals surface area (Å²) < 4.78 is 0. The lowest BCUT2D eigenvalue weighted by Crippen LogP contribution is -2.20. The first kappa shape index (κ1) is 10.7. The molecule has 1 fully saturated rings. The molecule has 2 unspecified atom stereocenters. The Balaban J connectivity index is 2.60. The molecule has 1 nitrogen and oxygen atoms in total. The topological polar surface area (TPSA) is 17.1 Å². The van der Waals surface area contributed by atoms with Crippen LogP contribution in [-0.4, -0.2) is 5.78 Å². The van der Waals surface area contributed by atoms with E-state index >= 15 is 0 Å². The molecule has 0 aromatic rings. The maximum atomic E-state index is 11.6. The zero-order valence-electron chi connectivity index (χ0n) is 9.34. The molecule has 0 N–H and O–H groups in total. The summed E-state index contributed by atoms with van der Waals surface area (Å²) in [7, 11) is 0. The van der Waals surface area contributed by atoms with Gasteiger partial charge in [0.2, 0.25) is 0 Å². The number of rotatable bonds is 3. The van der Waals surface area contributed by atoms with E-state index in [1.807, 2.05) is 0 Å². The lowest BCUT2D eigenvalue weighted by atomic mass is 9.81. The molecule has 1 aliphatic rings. The van der Waals surface area contributed by atoms with Crippen molar-refractivity contribution in [1.82, 2.24) is 0 Å². The maximum Gasteiger partial charge on any atom is 0.136 e. The minimum Gasteiger partial charge on any atom is -0.299 e. The molecule has 0 saturated heterocycles. The highest BCUT2D eigenvalue weighted by Gasteiger charge is 2.36. The second-order valence-electron chi connectivity index (χ2n) is 5.15. The van der Waals surface area contributed by atoms with E-state index in [1.165, 1.54) is 0 Å². The van der Waals surface area contributed by atoms with E-state index in [4.69, 9.17) is 0 Å². The third-order valence-corrected chi connectivity index (χ3v) is 3.24. The van der Waals surface area contributed by atoms with Crippen LogP contribution in [0.4, 0.5) is 0 Å². The van der Waals surface area contributed by atoms with Gasteiger partial charge in [-0.3, -0.25) is 4.79 Å². The largest absolute Gasteiger partial charge is 0.299 e. The number of carbonyl (C=O) groups is 1. The van der Waals surface area contributed by atoms with Gasteiger partial charge in [-0.2, -0.15) is 0 Å². The van der Waals surface area contributed by atoms with Gasteiger partial charge in [0, 0.05) is 12.3 Å². The van der Waals surface area contributed by atoms with E-state index in [0.717, 1.165) is 19.3 Å². The second kappa shape index (κ2) is 4.26. The summed E-state index contributed by atoms with van der Waals surface area (Å²) in [4.78, 5) is 11.6. The van der Waals surface area contributed by atoms with E-state index in [-0.39, 0.29) is 0 Å².